The zero-order valence-electron chi connectivity index (χ0n) is 11.3. The molecule has 6 heteroatoms. The number of ether oxygens (including phenoxy) is 1. The third-order valence-corrected chi connectivity index (χ3v) is 2.70. The zero-order valence-corrected chi connectivity index (χ0v) is 11.3. The lowest BCUT2D eigenvalue weighted by atomic mass is 10.2. The van der Waals surface area contributed by atoms with Gasteiger partial charge in [-0.05, 0) is 31.2 Å². The first-order valence-electron chi connectivity index (χ1n) is 6.13. The number of nitrogens with zero attached hydrogens (tertiary/aromatic N) is 2. The van der Waals surface area contributed by atoms with Crippen LogP contribution in [0, 0.1) is 0 Å². The lowest BCUT2D eigenvalue weighted by Crippen LogP contribution is -2.35. The van der Waals surface area contributed by atoms with Crippen molar-refractivity contribution in [2.24, 2.45) is 10.8 Å². The normalized spacial score (nSPS) is 12.6. The van der Waals surface area contributed by atoms with Crippen LogP contribution < -0.4 is 15.9 Å². The Balaban J connectivity index is 2.16. The minimum atomic E-state index is -0.593. The molecule has 3 N–H and O–H groups in total. The van der Waals surface area contributed by atoms with Crippen molar-refractivity contribution in [3.8, 4) is 5.75 Å². The van der Waals surface area contributed by atoms with Crippen LogP contribution in [-0.4, -0.2) is 30.3 Å². The molecule has 0 aliphatic rings. The van der Waals surface area contributed by atoms with Gasteiger partial charge in [0.1, 0.15) is 5.75 Å². The van der Waals surface area contributed by atoms with Gasteiger partial charge in [-0.25, -0.2) is 10.4 Å². The van der Waals surface area contributed by atoms with Gasteiger partial charge in [0.15, 0.2) is 0 Å². The Hall–Kier alpha value is -2.47. The lowest BCUT2D eigenvalue weighted by molar-refractivity contribution is -0.121. The van der Waals surface area contributed by atoms with Crippen molar-refractivity contribution in [2.45, 2.75) is 13.0 Å². The number of hydrogen-bond donors (Lipinski definition) is 2. The molecule has 2 rings (SSSR count). The molecule has 0 spiro atoms. The molecule has 0 radical (unpaired) electrons. The maximum absolute atomic E-state index is 11.2. The number of hydrogen-bond acceptors (Lipinski definition) is 5. The first-order chi connectivity index (χ1) is 9.60. The van der Waals surface area contributed by atoms with Crippen molar-refractivity contribution in [1.82, 2.24) is 10.4 Å². The van der Waals surface area contributed by atoms with E-state index in [2.05, 4.69) is 15.5 Å². The quantitative estimate of drug-likeness (QED) is 0.643. The number of benzene rings is 1. The standard InChI is InChI=1S/C14H16N4O2/c1-9(15)14(19)18-16-8-11-4-3-10-7-12(20-2)5-6-13(10)17-11/h3-9H,15H2,1-2H3,(H,18,19)/b16-8-/t9-/m0/s1. The summed E-state index contributed by atoms with van der Waals surface area (Å²) in [6.07, 6.45) is 1.48. The molecule has 1 heterocycles. The maximum Gasteiger partial charge on any atom is 0.256 e. The summed E-state index contributed by atoms with van der Waals surface area (Å²) in [5.41, 5.74) is 9.22. The molecule has 0 aliphatic carbocycles. The Labute approximate surface area is 116 Å². The van der Waals surface area contributed by atoms with E-state index in [9.17, 15) is 4.79 Å². The van der Waals surface area contributed by atoms with Crippen LogP contribution in [0.2, 0.25) is 0 Å². The summed E-state index contributed by atoms with van der Waals surface area (Å²) < 4.78 is 5.15. The molecule has 0 saturated carbocycles. The third kappa shape index (κ3) is 3.30. The van der Waals surface area contributed by atoms with Crippen molar-refractivity contribution < 1.29 is 9.53 Å². The molecule has 20 heavy (non-hydrogen) atoms. The molecular weight excluding hydrogens is 256 g/mol. The Morgan fingerprint density at radius 1 is 1.45 bits per heavy atom. The number of aromatic nitrogens is 1. The Morgan fingerprint density at radius 2 is 2.25 bits per heavy atom. The van der Waals surface area contributed by atoms with Gasteiger partial charge < -0.3 is 10.5 Å². The van der Waals surface area contributed by atoms with Crippen molar-refractivity contribution in [3.05, 3.63) is 36.0 Å². The van der Waals surface area contributed by atoms with Crippen LogP contribution in [0.4, 0.5) is 0 Å². The van der Waals surface area contributed by atoms with Gasteiger partial charge in [-0.3, -0.25) is 4.79 Å². The molecule has 0 bridgehead atoms. The molecule has 1 amide bonds. The number of rotatable bonds is 4. The number of hydrazone groups is 1. The molecule has 0 fully saturated rings. The molecule has 2 aromatic rings. The van der Waals surface area contributed by atoms with Crippen LogP contribution in [0.5, 0.6) is 5.75 Å². The summed E-state index contributed by atoms with van der Waals surface area (Å²) in [4.78, 5) is 15.6. The van der Waals surface area contributed by atoms with Gasteiger partial charge in [-0.1, -0.05) is 6.07 Å². The summed E-state index contributed by atoms with van der Waals surface area (Å²) >= 11 is 0. The second kappa shape index (κ2) is 6.12. The molecule has 0 aliphatic heterocycles. The number of nitrogens with two attached hydrogens (primary N) is 1. The molecule has 6 nitrogen and oxygen atoms in total. The maximum atomic E-state index is 11.2. The molecule has 0 saturated heterocycles. The number of pyridine rings is 1. The SMILES string of the molecule is COc1ccc2nc(/C=N\NC(=O)[C@H](C)N)ccc2c1. The number of nitrogens with one attached hydrogen (secondary N) is 1. The minimum Gasteiger partial charge on any atom is -0.497 e. The third-order valence-electron chi connectivity index (χ3n) is 2.70. The van der Waals surface area contributed by atoms with Crippen LogP contribution in [0.15, 0.2) is 35.4 Å². The van der Waals surface area contributed by atoms with Crippen molar-refractivity contribution >= 4 is 23.0 Å². The van der Waals surface area contributed by atoms with E-state index in [4.69, 9.17) is 10.5 Å². The molecule has 1 aromatic carbocycles. The first-order valence-corrected chi connectivity index (χ1v) is 6.13. The Bertz CT molecular complexity index is 653. The molecule has 104 valence electrons. The van der Waals surface area contributed by atoms with Crippen LogP contribution in [0.3, 0.4) is 0 Å². The number of amides is 1. The highest BCUT2D eigenvalue weighted by Gasteiger charge is 2.04. The summed E-state index contributed by atoms with van der Waals surface area (Å²) in [5, 5.41) is 4.78. The van der Waals surface area contributed by atoms with Crippen LogP contribution >= 0.6 is 0 Å². The van der Waals surface area contributed by atoms with Gasteiger partial charge in [-0.15, -0.1) is 0 Å². The van der Waals surface area contributed by atoms with Crippen LogP contribution in [0.25, 0.3) is 10.9 Å². The molecule has 1 aromatic heterocycles. The fraction of sp³-hybridized carbons (Fsp3) is 0.214. The van der Waals surface area contributed by atoms with E-state index in [1.54, 1.807) is 14.0 Å². The van der Waals surface area contributed by atoms with E-state index in [1.807, 2.05) is 30.3 Å². The summed E-state index contributed by atoms with van der Waals surface area (Å²) in [5.74, 6) is 0.441. The second-order valence-electron chi connectivity index (χ2n) is 4.32. The minimum absolute atomic E-state index is 0.341. The highest BCUT2D eigenvalue weighted by molar-refractivity contribution is 5.87. The number of carbonyl (C=O) groups is 1. The Morgan fingerprint density at radius 3 is 2.95 bits per heavy atom. The van der Waals surface area contributed by atoms with Crippen LogP contribution in [-0.2, 0) is 4.79 Å². The molecule has 0 unspecified atom stereocenters. The van der Waals surface area contributed by atoms with E-state index in [-0.39, 0.29) is 5.91 Å². The highest BCUT2D eigenvalue weighted by atomic mass is 16.5. The molecular formula is C14H16N4O2. The first kappa shape index (κ1) is 14.0. The fourth-order valence-corrected chi connectivity index (χ4v) is 1.58. The highest BCUT2D eigenvalue weighted by Crippen LogP contribution is 2.19. The van der Waals surface area contributed by atoms with E-state index < -0.39 is 6.04 Å². The van der Waals surface area contributed by atoms with Crippen molar-refractivity contribution in [2.75, 3.05) is 7.11 Å². The topological polar surface area (TPSA) is 89.6 Å². The van der Waals surface area contributed by atoms with Gasteiger partial charge >= 0.3 is 0 Å². The van der Waals surface area contributed by atoms with E-state index in [0.29, 0.717) is 5.69 Å². The average Bonchev–Trinajstić information content (AvgIpc) is 2.46. The predicted molar refractivity (Wildman–Crippen MR) is 77.7 cm³/mol. The number of methoxy groups -OCH3 is 1. The van der Waals surface area contributed by atoms with Gasteiger partial charge in [0.05, 0.1) is 30.6 Å². The zero-order chi connectivity index (χ0) is 14.5. The summed E-state index contributed by atoms with van der Waals surface area (Å²) in [7, 11) is 1.62. The van der Waals surface area contributed by atoms with E-state index in [1.165, 1.54) is 6.21 Å². The second-order valence-corrected chi connectivity index (χ2v) is 4.32. The summed E-state index contributed by atoms with van der Waals surface area (Å²) in [6, 6.07) is 8.74. The van der Waals surface area contributed by atoms with Gasteiger partial charge in [0.25, 0.3) is 5.91 Å². The Kier molecular flexibility index (Phi) is 4.27. The number of fused-ring (bicyclic) bond motifs is 1. The largest absolute Gasteiger partial charge is 0.497 e. The van der Waals surface area contributed by atoms with E-state index >= 15 is 0 Å². The monoisotopic (exact) mass is 272 g/mol. The van der Waals surface area contributed by atoms with Gasteiger partial charge in [-0.2, -0.15) is 5.10 Å². The van der Waals surface area contributed by atoms with Crippen molar-refractivity contribution in [1.29, 1.82) is 0 Å². The smallest absolute Gasteiger partial charge is 0.256 e. The predicted octanol–water partition coefficient (Wildman–Crippen LogP) is 1.04. The molecule has 1 atom stereocenters. The number of carbonyl (C=O) groups excluding carboxylic acids is 1. The fourth-order valence-electron chi connectivity index (χ4n) is 1.58. The van der Waals surface area contributed by atoms with Crippen LogP contribution in [0.1, 0.15) is 12.6 Å². The lowest BCUT2D eigenvalue weighted by Gasteiger charge is -2.03. The van der Waals surface area contributed by atoms with Gasteiger partial charge in [0, 0.05) is 5.39 Å². The van der Waals surface area contributed by atoms with E-state index in [0.717, 1.165) is 16.7 Å². The van der Waals surface area contributed by atoms with Crippen molar-refractivity contribution in [3.63, 3.8) is 0 Å². The summed E-state index contributed by atoms with van der Waals surface area (Å²) in [6.45, 7) is 1.59. The van der Waals surface area contributed by atoms with Gasteiger partial charge in [0.2, 0.25) is 0 Å². The average molecular weight is 272 g/mol.